The lowest BCUT2D eigenvalue weighted by Crippen LogP contribution is -2.44. The second-order valence-electron chi connectivity index (χ2n) is 6.66. The van der Waals surface area contributed by atoms with Crippen molar-refractivity contribution in [3.05, 3.63) is 54.5 Å². The van der Waals surface area contributed by atoms with E-state index in [1.54, 1.807) is 6.26 Å². The molecule has 2 aliphatic heterocycles. The molecule has 4 heteroatoms. The predicted molar refractivity (Wildman–Crippen MR) is 87.4 cm³/mol. The molecule has 0 unspecified atom stereocenters. The van der Waals surface area contributed by atoms with E-state index in [-0.39, 0.29) is 11.7 Å². The molecular weight excluding hydrogens is 290 g/mol. The summed E-state index contributed by atoms with van der Waals surface area (Å²) >= 11 is 0. The van der Waals surface area contributed by atoms with E-state index < -0.39 is 0 Å². The quantitative estimate of drug-likeness (QED) is 0.865. The van der Waals surface area contributed by atoms with E-state index in [0.29, 0.717) is 6.61 Å². The Morgan fingerprint density at radius 3 is 2.70 bits per heavy atom. The first-order chi connectivity index (χ1) is 11.3. The topological polar surface area (TPSA) is 34.8 Å². The summed E-state index contributed by atoms with van der Waals surface area (Å²) in [6, 6.07) is 12.1. The third-order valence-electron chi connectivity index (χ3n) is 4.97. The van der Waals surface area contributed by atoms with Gasteiger partial charge in [0.2, 0.25) is 0 Å². The molecule has 1 spiro atoms. The fourth-order valence-corrected chi connectivity index (χ4v) is 3.68. The van der Waals surface area contributed by atoms with E-state index in [9.17, 15) is 0 Å². The lowest BCUT2D eigenvalue weighted by Gasteiger charge is -2.38. The van der Waals surface area contributed by atoms with Crippen molar-refractivity contribution >= 4 is 0 Å². The number of ether oxygens (including phenoxy) is 2. The molecule has 23 heavy (non-hydrogen) atoms. The van der Waals surface area contributed by atoms with Crippen LogP contribution in [0.25, 0.3) is 0 Å². The van der Waals surface area contributed by atoms with Crippen molar-refractivity contribution < 1.29 is 13.9 Å². The predicted octanol–water partition coefficient (Wildman–Crippen LogP) is 3.48. The fraction of sp³-hybridized carbons (Fsp3) is 0.474. The van der Waals surface area contributed by atoms with Crippen molar-refractivity contribution in [2.75, 3.05) is 19.7 Å². The highest BCUT2D eigenvalue weighted by molar-refractivity contribution is 5.21. The third kappa shape index (κ3) is 3.43. The van der Waals surface area contributed by atoms with Gasteiger partial charge < -0.3 is 13.9 Å². The van der Waals surface area contributed by atoms with Crippen LogP contribution in [0.2, 0.25) is 0 Å². The van der Waals surface area contributed by atoms with Gasteiger partial charge in [0.15, 0.2) is 0 Å². The van der Waals surface area contributed by atoms with E-state index in [1.165, 1.54) is 5.56 Å². The molecule has 122 valence electrons. The van der Waals surface area contributed by atoms with E-state index in [2.05, 4.69) is 4.90 Å². The van der Waals surface area contributed by atoms with Gasteiger partial charge in [0, 0.05) is 31.6 Å². The SMILES string of the molecule is c1ccc(O[C@H]2COC3(CCN(Cc4ccoc4)CC3)C2)cc1. The number of nitrogens with zero attached hydrogens (tertiary/aromatic N) is 1. The summed E-state index contributed by atoms with van der Waals surface area (Å²) < 4.78 is 17.4. The minimum Gasteiger partial charge on any atom is -0.488 e. The first-order valence-electron chi connectivity index (χ1n) is 8.40. The fourth-order valence-electron chi connectivity index (χ4n) is 3.68. The number of rotatable bonds is 4. The molecule has 0 amide bonds. The standard InChI is InChI=1S/C19H23NO3/c1-2-4-17(5-3-1)23-18-12-19(22-15-18)7-9-20(10-8-19)13-16-6-11-21-14-16/h1-6,11,14,18H,7-10,12-13,15H2/t18-/m1/s1. The van der Waals surface area contributed by atoms with Gasteiger partial charge in [-0.3, -0.25) is 4.90 Å². The number of benzene rings is 1. The van der Waals surface area contributed by atoms with Gasteiger partial charge in [-0.1, -0.05) is 18.2 Å². The van der Waals surface area contributed by atoms with Crippen LogP contribution in [0.1, 0.15) is 24.8 Å². The van der Waals surface area contributed by atoms with Crippen molar-refractivity contribution in [1.82, 2.24) is 4.90 Å². The molecule has 0 radical (unpaired) electrons. The van der Waals surface area contributed by atoms with Crippen LogP contribution in [0.4, 0.5) is 0 Å². The maximum absolute atomic E-state index is 6.18. The summed E-state index contributed by atoms with van der Waals surface area (Å²) in [7, 11) is 0. The van der Waals surface area contributed by atoms with Crippen molar-refractivity contribution in [3.8, 4) is 5.75 Å². The van der Waals surface area contributed by atoms with E-state index in [1.807, 2.05) is 42.7 Å². The van der Waals surface area contributed by atoms with Crippen molar-refractivity contribution in [2.45, 2.75) is 37.5 Å². The zero-order chi connectivity index (χ0) is 15.5. The summed E-state index contributed by atoms with van der Waals surface area (Å²) in [5, 5.41) is 0. The molecule has 0 aliphatic carbocycles. The Hall–Kier alpha value is -1.78. The summed E-state index contributed by atoms with van der Waals surface area (Å²) in [4.78, 5) is 2.48. The van der Waals surface area contributed by atoms with Crippen LogP contribution >= 0.6 is 0 Å². The van der Waals surface area contributed by atoms with E-state index in [4.69, 9.17) is 13.9 Å². The van der Waals surface area contributed by atoms with Crippen LogP contribution in [0.5, 0.6) is 5.75 Å². The molecule has 1 aromatic carbocycles. The zero-order valence-electron chi connectivity index (χ0n) is 13.3. The van der Waals surface area contributed by atoms with Crippen LogP contribution in [-0.2, 0) is 11.3 Å². The summed E-state index contributed by atoms with van der Waals surface area (Å²) in [5.74, 6) is 0.940. The van der Waals surface area contributed by atoms with Gasteiger partial charge in [0.05, 0.1) is 24.7 Å². The summed E-state index contributed by atoms with van der Waals surface area (Å²) in [5.41, 5.74) is 1.27. The normalized spacial score (nSPS) is 24.1. The number of furan rings is 1. The Balaban J connectivity index is 1.29. The van der Waals surface area contributed by atoms with Gasteiger partial charge in [-0.15, -0.1) is 0 Å². The summed E-state index contributed by atoms with van der Waals surface area (Å²) in [6.07, 6.45) is 6.92. The second kappa shape index (κ2) is 6.38. The molecule has 0 saturated carbocycles. The molecule has 1 atom stereocenters. The molecular formula is C19H23NO3. The zero-order valence-corrected chi connectivity index (χ0v) is 13.3. The Morgan fingerprint density at radius 2 is 1.96 bits per heavy atom. The van der Waals surface area contributed by atoms with E-state index >= 15 is 0 Å². The largest absolute Gasteiger partial charge is 0.488 e. The van der Waals surface area contributed by atoms with Crippen LogP contribution in [-0.4, -0.2) is 36.3 Å². The average molecular weight is 313 g/mol. The number of hydrogen-bond acceptors (Lipinski definition) is 4. The van der Waals surface area contributed by atoms with Crippen LogP contribution in [0, 0.1) is 0 Å². The molecule has 3 heterocycles. The van der Waals surface area contributed by atoms with Gasteiger partial charge in [-0.05, 0) is 31.0 Å². The number of likely N-dealkylation sites (tertiary alicyclic amines) is 1. The molecule has 1 aromatic heterocycles. The Labute approximate surface area is 137 Å². The molecule has 4 nitrogen and oxygen atoms in total. The van der Waals surface area contributed by atoms with Gasteiger partial charge >= 0.3 is 0 Å². The average Bonchev–Trinajstić information content (AvgIpc) is 3.22. The van der Waals surface area contributed by atoms with Gasteiger partial charge in [0.1, 0.15) is 11.9 Å². The van der Waals surface area contributed by atoms with E-state index in [0.717, 1.165) is 44.6 Å². The van der Waals surface area contributed by atoms with Crippen molar-refractivity contribution in [2.24, 2.45) is 0 Å². The molecule has 2 fully saturated rings. The van der Waals surface area contributed by atoms with Crippen LogP contribution in [0.3, 0.4) is 0 Å². The smallest absolute Gasteiger partial charge is 0.125 e. The second-order valence-corrected chi connectivity index (χ2v) is 6.66. The Kier molecular flexibility index (Phi) is 4.10. The maximum atomic E-state index is 6.18. The highest BCUT2D eigenvalue weighted by Crippen LogP contribution is 2.37. The van der Waals surface area contributed by atoms with Crippen molar-refractivity contribution in [1.29, 1.82) is 0 Å². The number of hydrogen-bond donors (Lipinski definition) is 0. The molecule has 4 rings (SSSR count). The van der Waals surface area contributed by atoms with Crippen molar-refractivity contribution in [3.63, 3.8) is 0 Å². The first-order valence-corrected chi connectivity index (χ1v) is 8.40. The Bertz CT molecular complexity index is 603. The molecule has 2 saturated heterocycles. The third-order valence-corrected chi connectivity index (χ3v) is 4.97. The maximum Gasteiger partial charge on any atom is 0.125 e. The lowest BCUT2D eigenvalue weighted by molar-refractivity contribution is -0.0454. The lowest BCUT2D eigenvalue weighted by atomic mass is 9.88. The summed E-state index contributed by atoms with van der Waals surface area (Å²) in [6.45, 7) is 3.82. The highest BCUT2D eigenvalue weighted by Gasteiger charge is 2.43. The molecule has 0 bridgehead atoms. The minimum absolute atomic E-state index is 0.0202. The number of piperidine rings is 1. The molecule has 0 N–H and O–H groups in total. The van der Waals surface area contributed by atoms with Crippen LogP contribution < -0.4 is 4.74 Å². The molecule has 2 aromatic rings. The van der Waals surface area contributed by atoms with Gasteiger partial charge in [-0.2, -0.15) is 0 Å². The molecule has 2 aliphatic rings. The monoisotopic (exact) mass is 313 g/mol. The Morgan fingerprint density at radius 1 is 1.13 bits per heavy atom. The highest BCUT2D eigenvalue weighted by atomic mass is 16.6. The van der Waals surface area contributed by atoms with Gasteiger partial charge in [-0.25, -0.2) is 0 Å². The van der Waals surface area contributed by atoms with Gasteiger partial charge in [0.25, 0.3) is 0 Å². The van der Waals surface area contributed by atoms with Crippen LogP contribution in [0.15, 0.2) is 53.3 Å². The number of para-hydroxylation sites is 1. The minimum atomic E-state index is 0.0202. The first kappa shape index (κ1) is 14.8.